The molecule has 1 unspecified atom stereocenters. The minimum atomic E-state index is -3.53. The molecule has 2 N–H and O–H groups in total. The van der Waals surface area contributed by atoms with Crippen LogP contribution in [0.15, 0.2) is 29.2 Å². The molecule has 0 radical (unpaired) electrons. The van der Waals surface area contributed by atoms with Crippen molar-refractivity contribution in [2.24, 2.45) is 5.92 Å². The molecule has 2 fully saturated rings. The summed E-state index contributed by atoms with van der Waals surface area (Å²) in [6.45, 7) is 3.84. The van der Waals surface area contributed by atoms with E-state index in [0.29, 0.717) is 31.1 Å². The number of nitrogens with zero attached hydrogens (tertiary/aromatic N) is 1. The van der Waals surface area contributed by atoms with Gasteiger partial charge in [0.2, 0.25) is 10.0 Å². The van der Waals surface area contributed by atoms with E-state index in [9.17, 15) is 13.2 Å². The molecule has 0 aromatic heterocycles. The summed E-state index contributed by atoms with van der Waals surface area (Å²) in [4.78, 5) is 12.7. The van der Waals surface area contributed by atoms with Gasteiger partial charge in [-0.1, -0.05) is 18.9 Å². The number of hydrogen-bond acceptors (Lipinski definition) is 4. The predicted molar refractivity (Wildman–Crippen MR) is 106 cm³/mol. The topological polar surface area (TPSA) is 78.5 Å². The van der Waals surface area contributed by atoms with Crippen LogP contribution in [0.25, 0.3) is 0 Å². The van der Waals surface area contributed by atoms with Crippen LogP contribution in [-0.2, 0) is 10.0 Å². The second kappa shape index (κ2) is 9.66. The normalized spacial score (nSPS) is 22.1. The van der Waals surface area contributed by atoms with Crippen molar-refractivity contribution in [1.82, 2.24) is 14.9 Å². The molecule has 0 spiro atoms. The SMILES string of the molecule is O=C(NCCC1CCCNC1)c1cccc(S(=O)(=O)N2CCCCCC2)c1. The van der Waals surface area contributed by atoms with Gasteiger partial charge in [-0.05, 0) is 69.3 Å². The Balaban J connectivity index is 1.60. The summed E-state index contributed by atoms with van der Waals surface area (Å²) in [5, 5.41) is 6.32. The fourth-order valence-electron chi connectivity index (χ4n) is 3.89. The van der Waals surface area contributed by atoms with Gasteiger partial charge in [0.15, 0.2) is 0 Å². The highest BCUT2D eigenvalue weighted by Crippen LogP contribution is 2.21. The van der Waals surface area contributed by atoms with Crippen LogP contribution in [0.5, 0.6) is 0 Å². The largest absolute Gasteiger partial charge is 0.352 e. The summed E-state index contributed by atoms with van der Waals surface area (Å²) in [5.41, 5.74) is 0.410. The third-order valence-corrected chi connectivity index (χ3v) is 7.43. The number of amides is 1. The lowest BCUT2D eigenvalue weighted by Crippen LogP contribution is -2.33. The number of rotatable bonds is 6. The lowest BCUT2D eigenvalue weighted by molar-refractivity contribution is 0.0950. The molecule has 1 atom stereocenters. The minimum absolute atomic E-state index is 0.202. The number of nitrogens with one attached hydrogen (secondary N) is 2. The third-order valence-electron chi connectivity index (χ3n) is 5.54. The Hall–Kier alpha value is -1.44. The quantitative estimate of drug-likeness (QED) is 0.778. The highest BCUT2D eigenvalue weighted by Gasteiger charge is 2.25. The van der Waals surface area contributed by atoms with Crippen LogP contribution in [-0.4, -0.2) is 51.4 Å². The van der Waals surface area contributed by atoms with Gasteiger partial charge in [0.05, 0.1) is 4.90 Å². The molecule has 0 bridgehead atoms. The van der Waals surface area contributed by atoms with Gasteiger partial charge in [0.1, 0.15) is 0 Å². The van der Waals surface area contributed by atoms with Gasteiger partial charge in [-0.3, -0.25) is 4.79 Å². The molecule has 0 saturated carbocycles. The molecule has 7 heteroatoms. The predicted octanol–water partition coefficient (Wildman–Crippen LogP) is 2.37. The number of carbonyl (C=O) groups is 1. The molecule has 0 aliphatic carbocycles. The van der Waals surface area contributed by atoms with Crippen LogP contribution in [0.4, 0.5) is 0 Å². The molecule has 2 aliphatic heterocycles. The van der Waals surface area contributed by atoms with E-state index >= 15 is 0 Å². The summed E-state index contributed by atoms with van der Waals surface area (Å²) in [6, 6.07) is 6.44. The van der Waals surface area contributed by atoms with E-state index in [2.05, 4.69) is 10.6 Å². The molecule has 1 amide bonds. The highest BCUT2D eigenvalue weighted by molar-refractivity contribution is 7.89. The van der Waals surface area contributed by atoms with Gasteiger partial charge in [0, 0.05) is 25.2 Å². The zero-order valence-electron chi connectivity index (χ0n) is 16.0. The van der Waals surface area contributed by atoms with Crippen LogP contribution in [0.3, 0.4) is 0 Å². The summed E-state index contributed by atoms with van der Waals surface area (Å²) in [5.74, 6) is 0.403. The maximum Gasteiger partial charge on any atom is 0.251 e. The molecule has 6 nitrogen and oxygen atoms in total. The van der Waals surface area contributed by atoms with Crippen LogP contribution in [0.1, 0.15) is 55.3 Å². The van der Waals surface area contributed by atoms with E-state index in [1.54, 1.807) is 22.5 Å². The van der Waals surface area contributed by atoms with Crippen molar-refractivity contribution in [3.63, 3.8) is 0 Å². The Morgan fingerprint density at radius 2 is 1.93 bits per heavy atom. The molecule has 2 saturated heterocycles. The minimum Gasteiger partial charge on any atom is -0.352 e. The van der Waals surface area contributed by atoms with Crippen molar-refractivity contribution in [2.75, 3.05) is 32.7 Å². The van der Waals surface area contributed by atoms with Gasteiger partial charge in [-0.25, -0.2) is 8.42 Å². The van der Waals surface area contributed by atoms with Gasteiger partial charge >= 0.3 is 0 Å². The summed E-state index contributed by atoms with van der Waals surface area (Å²) >= 11 is 0. The molecule has 2 heterocycles. The molecule has 3 rings (SSSR count). The van der Waals surface area contributed by atoms with Crippen LogP contribution < -0.4 is 10.6 Å². The van der Waals surface area contributed by atoms with E-state index in [-0.39, 0.29) is 10.8 Å². The second-order valence-corrected chi connectivity index (χ2v) is 9.54. The van der Waals surface area contributed by atoms with E-state index in [1.165, 1.54) is 18.9 Å². The van der Waals surface area contributed by atoms with E-state index in [1.807, 2.05) is 0 Å². The third kappa shape index (κ3) is 5.53. The smallest absolute Gasteiger partial charge is 0.251 e. The molecule has 150 valence electrons. The Morgan fingerprint density at radius 1 is 1.15 bits per heavy atom. The maximum absolute atomic E-state index is 12.9. The van der Waals surface area contributed by atoms with Crippen molar-refractivity contribution >= 4 is 15.9 Å². The number of piperidine rings is 1. The second-order valence-electron chi connectivity index (χ2n) is 7.60. The monoisotopic (exact) mass is 393 g/mol. The van der Waals surface area contributed by atoms with Gasteiger partial charge in [-0.2, -0.15) is 4.31 Å². The number of benzene rings is 1. The lowest BCUT2D eigenvalue weighted by Gasteiger charge is -2.22. The summed E-state index contributed by atoms with van der Waals surface area (Å²) in [7, 11) is -3.53. The molecule has 1 aromatic rings. The first-order chi connectivity index (χ1) is 13.1. The molecular formula is C20H31N3O3S. The van der Waals surface area contributed by atoms with E-state index in [4.69, 9.17) is 0 Å². The van der Waals surface area contributed by atoms with Crippen molar-refractivity contribution in [1.29, 1.82) is 0 Å². The van der Waals surface area contributed by atoms with E-state index in [0.717, 1.165) is 45.2 Å². The standard InChI is InChI=1S/C20H31N3O3S/c24-20(22-12-10-17-7-6-11-21-16-17)18-8-5-9-19(15-18)27(25,26)23-13-3-1-2-4-14-23/h5,8-9,15,17,21H,1-4,6-7,10-14,16H2,(H,22,24). The van der Waals surface area contributed by atoms with Crippen LogP contribution in [0.2, 0.25) is 0 Å². The summed E-state index contributed by atoms with van der Waals surface area (Å²) < 4.78 is 27.4. The van der Waals surface area contributed by atoms with Gasteiger partial charge < -0.3 is 10.6 Å². The molecule has 2 aliphatic rings. The Labute approximate surface area is 162 Å². The van der Waals surface area contributed by atoms with Crippen molar-refractivity contribution in [2.45, 2.75) is 49.8 Å². The molecular weight excluding hydrogens is 362 g/mol. The highest BCUT2D eigenvalue weighted by atomic mass is 32.2. The Bertz CT molecular complexity index is 722. The fraction of sp³-hybridized carbons (Fsp3) is 0.650. The van der Waals surface area contributed by atoms with Crippen molar-refractivity contribution in [3.8, 4) is 0 Å². The van der Waals surface area contributed by atoms with Crippen molar-refractivity contribution in [3.05, 3.63) is 29.8 Å². The fourth-order valence-corrected chi connectivity index (χ4v) is 5.45. The van der Waals surface area contributed by atoms with Gasteiger partial charge in [0.25, 0.3) is 5.91 Å². The first-order valence-corrected chi connectivity index (χ1v) is 11.6. The number of carbonyl (C=O) groups excluding carboxylic acids is 1. The Morgan fingerprint density at radius 3 is 2.63 bits per heavy atom. The summed E-state index contributed by atoms with van der Waals surface area (Å²) in [6.07, 6.45) is 7.28. The Kier molecular flexibility index (Phi) is 7.26. The molecule has 27 heavy (non-hydrogen) atoms. The van der Waals surface area contributed by atoms with E-state index < -0.39 is 10.0 Å². The zero-order valence-corrected chi connectivity index (χ0v) is 16.8. The first-order valence-electron chi connectivity index (χ1n) is 10.2. The zero-order chi connectivity index (χ0) is 19.1. The average molecular weight is 394 g/mol. The van der Waals surface area contributed by atoms with Crippen LogP contribution in [0, 0.1) is 5.92 Å². The lowest BCUT2D eigenvalue weighted by atomic mass is 9.96. The first kappa shape index (κ1) is 20.3. The molecule has 1 aromatic carbocycles. The van der Waals surface area contributed by atoms with Gasteiger partial charge in [-0.15, -0.1) is 0 Å². The van der Waals surface area contributed by atoms with Crippen LogP contribution >= 0.6 is 0 Å². The maximum atomic E-state index is 12.9. The number of hydrogen-bond donors (Lipinski definition) is 2. The average Bonchev–Trinajstić information content (AvgIpc) is 2.99. The van der Waals surface area contributed by atoms with Crippen molar-refractivity contribution < 1.29 is 13.2 Å². The number of sulfonamides is 1.